The fraction of sp³-hybridized carbons (Fsp3) is 0.397. The van der Waals surface area contributed by atoms with Gasteiger partial charge in [-0.25, -0.2) is 22.9 Å². The van der Waals surface area contributed by atoms with Crippen molar-refractivity contribution in [2.75, 3.05) is 13.1 Å². The molecule has 12 heteroatoms. The summed E-state index contributed by atoms with van der Waals surface area (Å²) in [5.74, 6) is 3.98. The fourth-order valence-electron chi connectivity index (χ4n) is 7.82. The van der Waals surface area contributed by atoms with Crippen LogP contribution in [-0.4, -0.2) is 58.2 Å². The summed E-state index contributed by atoms with van der Waals surface area (Å²) in [7, 11) is -3.43. The third kappa shape index (κ3) is 21.6. The highest BCUT2D eigenvalue weighted by molar-refractivity contribution is 7.89. The van der Waals surface area contributed by atoms with E-state index in [1.165, 1.54) is 35.9 Å². The van der Waals surface area contributed by atoms with Crippen molar-refractivity contribution in [1.29, 1.82) is 0 Å². The van der Waals surface area contributed by atoms with E-state index in [-0.39, 0.29) is 25.5 Å². The molecule has 75 heavy (non-hydrogen) atoms. The Morgan fingerprint density at radius 1 is 0.680 bits per heavy atom. The number of sulfonamides is 1. The van der Waals surface area contributed by atoms with Gasteiger partial charge in [-0.05, 0) is 106 Å². The molecule has 0 radical (unpaired) electrons. The van der Waals surface area contributed by atoms with Gasteiger partial charge < -0.3 is 18.7 Å². The van der Waals surface area contributed by atoms with Crippen LogP contribution >= 0.6 is 0 Å². The van der Waals surface area contributed by atoms with E-state index in [0.29, 0.717) is 42.4 Å². The van der Waals surface area contributed by atoms with Crippen molar-refractivity contribution in [2.24, 2.45) is 11.8 Å². The zero-order valence-electron chi connectivity index (χ0n) is 46.0. The van der Waals surface area contributed by atoms with Gasteiger partial charge in [-0.1, -0.05) is 200 Å². The number of amides is 1. The molecule has 0 bridgehead atoms. The lowest BCUT2D eigenvalue weighted by Crippen LogP contribution is -2.37. The Morgan fingerprint density at radius 2 is 1.24 bits per heavy atom. The molecule has 0 unspecified atom stereocenters. The van der Waals surface area contributed by atoms with Crippen molar-refractivity contribution in [3.63, 3.8) is 0 Å². The molecule has 0 aliphatic rings. The molecule has 11 nitrogen and oxygen atoms in total. The highest BCUT2D eigenvalue weighted by Gasteiger charge is 2.18. The van der Waals surface area contributed by atoms with Gasteiger partial charge in [0.1, 0.15) is 12.4 Å². The molecule has 404 valence electrons. The van der Waals surface area contributed by atoms with Crippen molar-refractivity contribution in [1.82, 2.24) is 29.3 Å². The molecule has 0 saturated heterocycles. The maximum absolute atomic E-state index is 12.2. The Morgan fingerprint density at radius 3 is 1.80 bits per heavy atom. The standard InChI is InChI=1S/C14H17NO2S.C13H19NO2.C12H14N2O.C12H18.C11H14N2.CH4/c1-11(2)10-15-18(16,17)14-9-5-7-12-6-3-4-8-13(12)14;1-4-14(11(2)3)13(15)16-10-12-8-6-5-7-9-12;1-9(2)12-13-11(14-15-12)8-10-6-4-3-5-7-10;1-11(2)7-6-10-12-8-4-3-5-9-12;1-8(2)13-9(3)12-10-6-4-5-7-11(10)13;/h3-9,11,15H,10H2,1-2H3;5-9,11H,4,10H2,1-3H3;3-7,9H,8H2,1-2H3;3-5,8-9,11H,6-7,10H2,1-2H3;4-8H,1-3H3;1H4. The molecular weight excluding hydrogens is 953 g/mol. The van der Waals surface area contributed by atoms with E-state index in [2.05, 4.69) is 120 Å². The second-order valence-electron chi connectivity index (χ2n) is 19.9. The predicted octanol–water partition coefficient (Wildman–Crippen LogP) is 15.8. The smallest absolute Gasteiger partial charge is 0.410 e. The van der Waals surface area contributed by atoms with E-state index < -0.39 is 10.0 Å². The maximum Gasteiger partial charge on any atom is 0.410 e. The van der Waals surface area contributed by atoms with Crippen molar-refractivity contribution in [3.8, 4) is 0 Å². The average Bonchev–Trinajstić information content (AvgIpc) is 4.00. The summed E-state index contributed by atoms with van der Waals surface area (Å²) in [6, 6.07) is 52.3. The van der Waals surface area contributed by atoms with Crippen LogP contribution in [0.4, 0.5) is 4.79 Å². The summed E-state index contributed by atoms with van der Waals surface area (Å²) in [6.45, 7) is 26.4. The molecule has 1 amide bonds. The molecule has 2 heterocycles. The minimum atomic E-state index is -3.43. The van der Waals surface area contributed by atoms with E-state index in [4.69, 9.17) is 9.26 Å². The van der Waals surface area contributed by atoms with E-state index in [9.17, 15) is 13.2 Å². The number of nitrogens with zero attached hydrogens (tertiary/aromatic N) is 5. The fourth-order valence-corrected chi connectivity index (χ4v) is 9.26. The lowest BCUT2D eigenvalue weighted by Gasteiger charge is -2.24. The van der Waals surface area contributed by atoms with E-state index in [1.54, 1.807) is 17.0 Å². The van der Waals surface area contributed by atoms with Crippen molar-refractivity contribution >= 4 is 37.9 Å². The van der Waals surface area contributed by atoms with Crippen LogP contribution in [0.25, 0.3) is 21.8 Å². The minimum Gasteiger partial charge on any atom is -0.445 e. The number of ether oxygens (including phenoxy) is 1. The normalized spacial score (nSPS) is 10.9. The van der Waals surface area contributed by atoms with Gasteiger partial charge in [-0.15, -0.1) is 0 Å². The van der Waals surface area contributed by atoms with Crippen molar-refractivity contribution in [2.45, 2.75) is 146 Å². The highest BCUT2D eigenvalue weighted by Crippen LogP contribution is 2.23. The van der Waals surface area contributed by atoms with Gasteiger partial charge in [-0.2, -0.15) is 4.98 Å². The Kier molecular flexibility index (Phi) is 27.3. The largest absolute Gasteiger partial charge is 0.445 e. The van der Waals surface area contributed by atoms with Crippen molar-refractivity contribution < 1.29 is 22.5 Å². The first-order chi connectivity index (χ1) is 35.4. The Balaban J connectivity index is 0.000000248. The third-order valence-electron chi connectivity index (χ3n) is 11.7. The molecule has 1 N–H and O–H groups in total. The van der Waals surface area contributed by atoms with E-state index >= 15 is 0 Å². The number of carbonyl (C=O) groups is 1. The zero-order valence-corrected chi connectivity index (χ0v) is 46.8. The van der Waals surface area contributed by atoms with Crippen LogP contribution in [-0.2, 0) is 34.2 Å². The van der Waals surface area contributed by atoms with Crippen LogP contribution in [0.3, 0.4) is 0 Å². The molecule has 0 saturated carbocycles. The number of aryl methyl sites for hydroxylation is 2. The summed E-state index contributed by atoms with van der Waals surface area (Å²) < 4.78 is 39.7. The van der Waals surface area contributed by atoms with Gasteiger partial charge in [0.05, 0.1) is 15.9 Å². The lowest BCUT2D eigenvalue weighted by atomic mass is 10.0. The zero-order chi connectivity index (χ0) is 54.0. The second-order valence-corrected chi connectivity index (χ2v) is 21.6. The minimum absolute atomic E-state index is 0. The number of nitrogens with one attached hydrogen (secondary N) is 1. The van der Waals surface area contributed by atoms with Crippen LogP contribution in [0, 0.1) is 18.8 Å². The molecule has 6 aromatic carbocycles. The summed E-state index contributed by atoms with van der Waals surface area (Å²) >= 11 is 0. The van der Waals surface area contributed by atoms with Gasteiger partial charge in [0.25, 0.3) is 0 Å². The summed E-state index contributed by atoms with van der Waals surface area (Å²) in [5.41, 5.74) is 6.01. The van der Waals surface area contributed by atoms with Crippen LogP contribution in [0.5, 0.6) is 0 Å². The van der Waals surface area contributed by atoms with Crippen LogP contribution in [0.2, 0.25) is 0 Å². The number of rotatable bonds is 16. The first-order valence-corrected chi connectivity index (χ1v) is 27.7. The Labute approximate surface area is 450 Å². The molecule has 0 atom stereocenters. The van der Waals surface area contributed by atoms with Crippen molar-refractivity contribution in [3.05, 3.63) is 192 Å². The van der Waals surface area contributed by atoms with Crippen LogP contribution in [0.15, 0.2) is 167 Å². The number of imidazole rings is 1. The molecule has 0 fully saturated rings. The third-order valence-corrected chi connectivity index (χ3v) is 13.2. The van der Waals surface area contributed by atoms with Gasteiger partial charge in [0.2, 0.25) is 15.9 Å². The molecule has 8 rings (SSSR count). The number of benzene rings is 6. The van der Waals surface area contributed by atoms with Crippen LogP contribution < -0.4 is 4.72 Å². The molecule has 2 aromatic heterocycles. The molecule has 0 aliphatic heterocycles. The first-order valence-electron chi connectivity index (χ1n) is 26.2. The van der Waals surface area contributed by atoms with Gasteiger partial charge in [0.15, 0.2) is 5.82 Å². The number of para-hydroxylation sites is 2. The topological polar surface area (TPSA) is 132 Å². The molecule has 0 aliphatic carbocycles. The predicted molar refractivity (Wildman–Crippen MR) is 312 cm³/mol. The van der Waals surface area contributed by atoms with Crippen LogP contribution in [0.1, 0.15) is 143 Å². The first kappa shape index (κ1) is 62.7. The average molecular weight is 1040 g/mol. The summed E-state index contributed by atoms with van der Waals surface area (Å²) in [5, 5.41) is 5.64. The van der Waals surface area contributed by atoms with Gasteiger partial charge >= 0.3 is 6.09 Å². The molecule has 0 spiro atoms. The number of hydrogen-bond donors (Lipinski definition) is 1. The van der Waals surface area contributed by atoms with Gasteiger partial charge in [0, 0.05) is 42.9 Å². The maximum atomic E-state index is 12.2. The quantitative estimate of drug-likeness (QED) is 0.101. The lowest BCUT2D eigenvalue weighted by molar-refractivity contribution is 0.0881. The Hall–Kier alpha value is -6.63. The molecule has 8 aromatic rings. The number of fused-ring (bicyclic) bond motifs is 2. The number of carbonyl (C=O) groups excluding carboxylic acids is 1. The summed E-state index contributed by atoms with van der Waals surface area (Å²) in [4.78, 5) is 22.6. The van der Waals surface area contributed by atoms with Gasteiger partial charge in [-0.3, -0.25) is 0 Å². The van der Waals surface area contributed by atoms with E-state index in [0.717, 1.165) is 45.8 Å². The number of aromatic nitrogens is 4. The Bertz CT molecular complexity index is 2930. The van der Waals surface area contributed by atoms with E-state index in [1.807, 2.05) is 133 Å². The highest BCUT2D eigenvalue weighted by atomic mass is 32.2. The molecular formula is C63H86N6O5S. The SMILES string of the molecule is C.CC(C)CCCc1ccccc1.CC(C)CNS(=O)(=O)c1cccc2ccccc12.CC(C)c1nc(Cc2ccccc2)no1.CCN(C(=O)OCc1ccccc1)C(C)C.Cc1nc2ccccc2n1C(C)C. The monoisotopic (exact) mass is 1040 g/mol. The number of hydrogen-bond acceptors (Lipinski definition) is 8. The summed E-state index contributed by atoms with van der Waals surface area (Å²) in [6.07, 6.45) is 4.38. The second kappa shape index (κ2) is 32.6.